The molecule has 0 aliphatic heterocycles. The Morgan fingerprint density at radius 3 is 2.37 bits per heavy atom. The van der Waals surface area contributed by atoms with Gasteiger partial charge in [0.2, 0.25) is 0 Å². The molecular weight excluding hydrogens is 262 g/mol. The molecule has 0 atom stereocenters. The Bertz CT molecular complexity index is 444. The molecule has 0 saturated heterocycles. The van der Waals surface area contributed by atoms with Crippen LogP contribution in [-0.2, 0) is 4.74 Å². The standard InChI is InChI=1S/C14H19NO3S/c1-4-15(5-2)14(17)19-12-10-8-7-9-11(12)13(16)18-6-3/h7-10H,4-6H2,1-3H3. The quantitative estimate of drug-likeness (QED) is 0.613. The van der Waals surface area contributed by atoms with Crippen molar-refractivity contribution < 1.29 is 14.3 Å². The molecule has 0 aromatic heterocycles. The van der Waals surface area contributed by atoms with E-state index in [-0.39, 0.29) is 5.24 Å². The van der Waals surface area contributed by atoms with Crippen LogP contribution >= 0.6 is 11.8 Å². The summed E-state index contributed by atoms with van der Waals surface area (Å²) < 4.78 is 4.99. The molecule has 0 aliphatic rings. The Balaban J connectivity index is 2.89. The van der Waals surface area contributed by atoms with Gasteiger partial charge in [0.05, 0.1) is 12.2 Å². The van der Waals surface area contributed by atoms with Gasteiger partial charge in [0.1, 0.15) is 0 Å². The molecule has 1 aromatic carbocycles. The number of esters is 1. The van der Waals surface area contributed by atoms with Crippen molar-refractivity contribution in [3.63, 3.8) is 0 Å². The summed E-state index contributed by atoms with van der Waals surface area (Å²) in [6.45, 7) is 7.25. The second-order valence-corrected chi connectivity index (χ2v) is 4.75. The first-order chi connectivity index (χ1) is 9.13. The molecule has 5 heteroatoms. The largest absolute Gasteiger partial charge is 0.462 e. The zero-order chi connectivity index (χ0) is 14.3. The van der Waals surface area contributed by atoms with Crippen molar-refractivity contribution in [2.24, 2.45) is 0 Å². The Morgan fingerprint density at radius 2 is 1.79 bits per heavy atom. The van der Waals surface area contributed by atoms with E-state index < -0.39 is 5.97 Å². The Morgan fingerprint density at radius 1 is 1.16 bits per heavy atom. The van der Waals surface area contributed by atoms with Gasteiger partial charge in [-0.3, -0.25) is 4.79 Å². The topological polar surface area (TPSA) is 46.6 Å². The van der Waals surface area contributed by atoms with Crippen molar-refractivity contribution in [1.29, 1.82) is 0 Å². The maximum Gasteiger partial charge on any atom is 0.339 e. The van der Waals surface area contributed by atoms with E-state index in [0.717, 1.165) is 11.8 Å². The predicted molar refractivity (Wildman–Crippen MR) is 76.6 cm³/mol. The van der Waals surface area contributed by atoms with Gasteiger partial charge < -0.3 is 9.64 Å². The molecule has 1 aromatic rings. The van der Waals surface area contributed by atoms with Crippen molar-refractivity contribution in [3.05, 3.63) is 29.8 Å². The smallest absolute Gasteiger partial charge is 0.339 e. The third-order valence-electron chi connectivity index (χ3n) is 2.60. The van der Waals surface area contributed by atoms with Gasteiger partial charge in [0.25, 0.3) is 5.24 Å². The number of ether oxygens (including phenoxy) is 1. The maximum absolute atomic E-state index is 12.0. The van der Waals surface area contributed by atoms with Gasteiger partial charge in [-0.05, 0) is 44.7 Å². The van der Waals surface area contributed by atoms with Crippen LogP contribution in [0.3, 0.4) is 0 Å². The van der Waals surface area contributed by atoms with Crippen LogP contribution in [0.4, 0.5) is 4.79 Å². The fourth-order valence-corrected chi connectivity index (χ4v) is 2.56. The van der Waals surface area contributed by atoms with Crippen LogP contribution < -0.4 is 0 Å². The number of rotatable bonds is 5. The summed E-state index contributed by atoms with van der Waals surface area (Å²) in [6.07, 6.45) is 0. The highest BCUT2D eigenvalue weighted by Crippen LogP contribution is 2.25. The van der Waals surface area contributed by atoms with Crippen molar-refractivity contribution in [2.75, 3.05) is 19.7 Å². The summed E-state index contributed by atoms with van der Waals surface area (Å²) in [5, 5.41) is -0.0539. The number of carbonyl (C=O) groups is 2. The molecule has 1 rings (SSSR count). The highest BCUT2D eigenvalue weighted by atomic mass is 32.2. The number of hydrogen-bond donors (Lipinski definition) is 0. The molecule has 0 fully saturated rings. The molecule has 0 N–H and O–H groups in total. The van der Waals surface area contributed by atoms with E-state index in [1.165, 1.54) is 0 Å². The Labute approximate surface area is 118 Å². The van der Waals surface area contributed by atoms with E-state index in [1.807, 2.05) is 13.8 Å². The van der Waals surface area contributed by atoms with Crippen LogP contribution in [0.25, 0.3) is 0 Å². The first-order valence-corrected chi connectivity index (χ1v) is 7.18. The molecule has 0 saturated carbocycles. The van der Waals surface area contributed by atoms with E-state index in [0.29, 0.717) is 30.2 Å². The van der Waals surface area contributed by atoms with E-state index in [4.69, 9.17) is 4.74 Å². The van der Waals surface area contributed by atoms with E-state index in [1.54, 1.807) is 36.1 Å². The lowest BCUT2D eigenvalue weighted by atomic mass is 10.2. The summed E-state index contributed by atoms with van der Waals surface area (Å²) in [5.74, 6) is -0.391. The highest BCUT2D eigenvalue weighted by molar-refractivity contribution is 8.13. The molecule has 4 nitrogen and oxygen atoms in total. The van der Waals surface area contributed by atoms with Crippen molar-refractivity contribution in [1.82, 2.24) is 4.90 Å². The van der Waals surface area contributed by atoms with E-state index in [2.05, 4.69) is 0 Å². The van der Waals surface area contributed by atoms with Gasteiger partial charge >= 0.3 is 5.97 Å². The van der Waals surface area contributed by atoms with Crippen molar-refractivity contribution in [2.45, 2.75) is 25.7 Å². The van der Waals surface area contributed by atoms with E-state index >= 15 is 0 Å². The molecule has 104 valence electrons. The summed E-state index contributed by atoms with van der Waals surface area (Å²) in [6, 6.07) is 7.01. The van der Waals surface area contributed by atoms with Gasteiger partial charge in [-0.1, -0.05) is 12.1 Å². The minimum atomic E-state index is -0.391. The summed E-state index contributed by atoms with van der Waals surface area (Å²) >= 11 is 1.07. The van der Waals surface area contributed by atoms with Crippen LogP contribution in [0.5, 0.6) is 0 Å². The SMILES string of the molecule is CCOC(=O)c1ccccc1SC(=O)N(CC)CC. The second kappa shape index (κ2) is 7.84. The summed E-state index contributed by atoms with van der Waals surface area (Å²) in [5.41, 5.74) is 0.440. The summed E-state index contributed by atoms with van der Waals surface area (Å²) in [4.78, 5) is 26.2. The van der Waals surface area contributed by atoms with Gasteiger partial charge in [0, 0.05) is 18.0 Å². The van der Waals surface area contributed by atoms with Gasteiger partial charge in [-0.2, -0.15) is 0 Å². The number of benzene rings is 1. The lowest BCUT2D eigenvalue weighted by Gasteiger charge is -2.18. The first kappa shape index (κ1) is 15.6. The monoisotopic (exact) mass is 281 g/mol. The van der Waals surface area contributed by atoms with Gasteiger partial charge in [0.15, 0.2) is 0 Å². The van der Waals surface area contributed by atoms with Crippen LogP contribution in [-0.4, -0.2) is 35.8 Å². The minimum Gasteiger partial charge on any atom is -0.462 e. The predicted octanol–water partition coefficient (Wildman–Crippen LogP) is 3.42. The molecule has 0 spiro atoms. The van der Waals surface area contributed by atoms with Gasteiger partial charge in [-0.25, -0.2) is 4.79 Å². The number of carbonyl (C=O) groups excluding carboxylic acids is 2. The van der Waals surface area contributed by atoms with Crippen molar-refractivity contribution in [3.8, 4) is 0 Å². The molecule has 0 heterocycles. The van der Waals surface area contributed by atoms with Crippen LogP contribution in [0.1, 0.15) is 31.1 Å². The van der Waals surface area contributed by atoms with E-state index in [9.17, 15) is 9.59 Å². The third kappa shape index (κ3) is 4.28. The average molecular weight is 281 g/mol. The van der Waals surface area contributed by atoms with Crippen LogP contribution in [0, 0.1) is 0 Å². The average Bonchev–Trinajstić information content (AvgIpc) is 2.41. The number of hydrogen-bond acceptors (Lipinski definition) is 4. The molecule has 1 amide bonds. The van der Waals surface area contributed by atoms with Crippen LogP contribution in [0.2, 0.25) is 0 Å². The zero-order valence-corrected chi connectivity index (χ0v) is 12.3. The number of amides is 1. The highest BCUT2D eigenvalue weighted by Gasteiger charge is 2.17. The lowest BCUT2D eigenvalue weighted by molar-refractivity contribution is 0.0522. The molecule has 0 bridgehead atoms. The number of thioether (sulfide) groups is 1. The normalized spacial score (nSPS) is 10.1. The third-order valence-corrected chi connectivity index (χ3v) is 3.61. The van der Waals surface area contributed by atoms with Crippen LogP contribution in [0.15, 0.2) is 29.2 Å². The van der Waals surface area contributed by atoms with Gasteiger partial charge in [-0.15, -0.1) is 0 Å². The zero-order valence-electron chi connectivity index (χ0n) is 11.5. The molecule has 0 unspecified atom stereocenters. The number of nitrogens with zero attached hydrogens (tertiary/aromatic N) is 1. The minimum absolute atomic E-state index is 0.0539. The first-order valence-electron chi connectivity index (χ1n) is 6.36. The fraction of sp³-hybridized carbons (Fsp3) is 0.429. The fourth-order valence-electron chi connectivity index (χ4n) is 1.57. The lowest BCUT2D eigenvalue weighted by Crippen LogP contribution is -2.26. The molecule has 0 radical (unpaired) electrons. The second-order valence-electron chi connectivity index (χ2n) is 3.76. The maximum atomic E-state index is 12.0. The molecule has 19 heavy (non-hydrogen) atoms. The molecular formula is C14H19NO3S. The Kier molecular flexibility index (Phi) is 6.42. The summed E-state index contributed by atoms with van der Waals surface area (Å²) in [7, 11) is 0. The molecule has 0 aliphatic carbocycles. The Hall–Kier alpha value is -1.49. The van der Waals surface area contributed by atoms with Crippen molar-refractivity contribution >= 4 is 23.0 Å².